The minimum atomic E-state index is -0.161. The van der Waals surface area contributed by atoms with Crippen molar-refractivity contribution in [3.63, 3.8) is 0 Å². The number of carbonyl (C=O) groups excluding carboxylic acids is 1. The molecule has 0 N–H and O–H groups in total. The molecule has 0 saturated carbocycles. The number of rotatable bonds is 5. The molecule has 0 spiro atoms. The van der Waals surface area contributed by atoms with Gasteiger partial charge >= 0.3 is 0 Å². The topological polar surface area (TPSA) is 72.1 Å². The van der Waals surface area contributed by atoms with Gasteiger partial charge in [-0.1, -0.05) is 23.7 Å². The van der Waals surface area contributed by atoms with Gasteiger partial charge in [-0.05, 0) is 48.0 Å². The minimum absolute atomic E-state index is 0.0582. The molecule has 0 aliphatic heterocycles. The van der Waals surface area contributed by atoms with Crippen LogP contribution in [0, 0.1) is 0 Å². The molecule has 3 rings (SSSR count). The highest BCUT2D eigenvalue weighted by molar-refractivity contribution is 9.10. The number of amides is 1. The van der Waals surface area contributed by atoms with Crippen molar-refractivity contribution in [2.45, 2.75) is 26.4 Å². The summed E-state index contributed by atoms with van der Waals surface area (Å²) < 4.78 is 6.46. The molecule has 0 atom stereocenters. The standard InChI is InChI=1S/C18H16BrClN4O2/c1-11(2)24(18(25)12-7-13(19)9-21-8-12)10-16-22-23-17(26-16)14-5-3-4-6-15(14)20/h3-9,11H,10H2,1-2H3. The number of pyridine rings is 1. The van der Waals surface area contributed by atoms with Crippen LogP contribution in [0.5, 0.6) is 0 Å². The molecule has 0 bridgehead atoms. The maximum Gasteiger partial charge on any atom is 0.256 e. The lowest BCUT2D eigenvalue weighted by Crippen LogP contribution is -2.36. The zero-order valence-electron chi connectivity index (χ0n) is 14.2. The molecule has 0 aliphatic carbocycles. The SMILES string of the molecule is CC(C)N(Cc1nnc(-c2ccccc2Cl)o1)C(=O)c1cncc(Br)c1. The second kappa shape index (κ2) is 7.97. The average Bonchev–Trinajstić information content (AvgIpc) is 3.07. The fraction of sp³-hybridized carbons (Fsp3) is 0.222. The van der Waals surface area contributed by atoms with E-state index >= 15 is 0 Å². The molecule has 1 aromatic carbocycles. The van der Waals surface area contributed by atoms with Gasteiger partial charge in [0.25, 0.3) is 5.91 Å². The van der Waals surface area contributed by atoms with Crippen molar-refractivity contribution in [1.82, 2.24) is 20.1 Å². The Morgan fingerprint density at radius 1 is 1.27 bits per heavy atom. The maximum atomic E-state index is 12.8. The third kappa shape index (κ3) is 4.11. The Kier molecular flexibility index (Phi) is 5.68. The Balaban J connectivity index is 1.83. The molecule has 0 unspecified atom stereocenters. The summed E-state index contributed by atoms with van der Waals surface area (Å²) in [6.07, 6.45) is 3.16. The minimum Gasteiger partial charge on any atom is -0.419 e. The van der Waals surface area contributed by atoms with Gasteiger partial charge in [0, 0.05) is 22.9 Å². The van der Waals surface area contributed by atoms with Gasteiger partial charge < -0.3 is 9.32 Å². The average molecular weight is 436 g/mol. The van der Waals surface area contributed by atoms with Crippen LogP contribution in [-0.2, 0) is 6.54 Å². The van der Waals surface area contributed by atoms with Crippen LogP contribution in [-0.4, -0.2) is 32.0 Å². The maximum absolute atomic E-state index is 12.8. The van der Waals surface area contributed by atoms with E-state index in [1.54, 1.807) is 29.3 Å². The van der Waals surface area contributed by atoms with E-state index in [4.69, 9.17) is 16.0 Å². The molecule has 8 heteroatoms. The highest BCUT2D eigenvalue weighted by atomic mass is 79.9. The van der Waals surface area contributed by atoms with Crippen molar-refractivity contribution in [2.75, 3.05) is 0 Å². The van der Waals surface area contributed by atoms with E-state index in [-0.39, 0.29) is 18.5 Å². The van der Waals surface area contributed by atoms with Crippen molar-refractivity contribution in [3.8, 4) is 11.5 Å². The van der Waals surface area contributed by atoms with Crippen molar-refractivity contribution in [1.29, 1.82) is 0 Å². The van der Waals surface area contributed by atoms with Crippen LogP contribution < -0.4 is 0 Å². The van der Waals surface area contributed by atoms with Gasteiger partial charge in [0.1, 0.15) is 0 Å². The number of hydrogen-bond acceptors (Lipinski definition) is 5. The van der Waals surface area contributed by atoms with E-state index in [9.17, 15) is 4.79 Å². The summed E-state index contributed by atoms with van der Waals surface area (Å²) in [5, 5.41) is 8.63. The number of benzene rings is 1. The molecule has 0 radical (unpaired) electrons. The fourth-order valence-corrected chi connectivity index (χ4v) is 2.97. The van der Waals surface area contributed by atoms with Crippen molar-refractivity contribution >= 4 is 33.4 Å². The summed E-state index contributed by atoms with van der Waals surface area (Å²) >= 11 is 9.50. The van der Waals surface area contributed by atoms with E-state index < -0.39 is 0 Å². The highest BCUT2D eigenvalue weighted by Gasteiger charge is 2.22. The van der Waals surface area contributed by atoms with Gasteiger partial charge in [0.05, 0.1) is 22.7 Å². The zero-order valence-corrected chi connectivity index (χ0v) is 16.5. The Labute approximate surface area is 164 Å². The molecular weight excluding hydrogens is 420 g/mol. The Morgan fingerprint density at radius 3 is 2.73 bits per heavy atom. The largest absolute Gasteiger partial charge is 0.419 e. The second-order valence-corrected chi connectivity index (χ2v) is 7.22. The third-order valence-corrected chi connectivity index (χ3v) is 4.48. The van der Waals surface area contributed by atoms with E-state index in [2.05, 4.69) is 31.1 Å². The quantitative estimate of drug-likeness (QED) is 0.586. The summed E-state index contributed by atoms with van der Waals surface area (Å²) in [6.45, 7) is 4.05. The first-order chi connectivity index (χ1) is 12.5. The normalized spacial score (nSPS) is 11.0. The monoisotopic (exact) mass is 434 g/mol. The van der Waals surface area contributed by atoms with Crippen LogP contribution in [0.2, 0.25) is 5.02 Å². The number of carbonyl (C=O) groups is 1. The van der Waals surface area contributed by atoms with Gasteiger partial charge in [0.15, 0.2) is 0 Å². The molecular formula is C18H16BrClN4O2. The van der Waals surface area contributed by atoms with Crippen molar-refractivity contribution < 1.29 is 9.21 Å². The first kappa shape index (κ1) is 18.5. The summed E-state index contributed by atoms with van der Waals surface area (Å²) in [6, 6.07) is 8.90. The van der Waals surface area contributed by atoms with Crippen molar-refractivity contribution in [2.24, 2.45) is 0 Å². The molecule has 6 nitrogen and oxygen atoms in total. The Hall–Kier alpha value is -2.25. The number of nitrogens with zero attached hydrogens (tertiary/aromatic N) is 4. The lowest BCUT2D eigenvalue weighted by Gasteiger charge is -2.25. The second-order valence-electron chi connectivity index (χ2n) is 5.90. The summed E-state index contributed by atoms with van der Waals surface area (Å²) in [5.41, 5.74) is 1.14. The van der Waals surface area contributed by atoms with Crippen LogP contribution in [0.25, 0.3) is 11.5 Å². The van der Waals surface area contributed by atoms with Gasteiger partial charge in [-0.25, -0.2) is 0 Å². The molecule has 2 aromatic heterocycles. The van der Waals surface area contributed by atoms with Crippen LogP contribution in [0.4, 0.5) is 0 Å². The van der Waals surface area contributed by atoms with Crippen LogP contribution in [0.15, 0.2) is 51.6 Å². The first-order valence-corrected chi connectivity index (χ1v) is 9.11. The molecule has 1 amide bonds. The predicted octanol–water partition coefficient (Wildman–Crippen LogP) is 4.60. The van der Waals surface area contributed by atoms with E-state index in [0.29, 0.717) is 27.9 Å². The first-order valence-electron chi connectivity index (χ1n) is 7.94. The predicted molar refractivity (Wildman–Crippen MR) is 102 cm³/mol. The number of halogens is 2. The fourth-order valence-electron chi connectivity index (χ4n) is 2.39. The van der Waals surface area contributed by atoms with Gasteiger partial charge in [-0.2, -0.15) is 0 Å². The summed E-state index contributed by atoms with van der Waals surface area (Å²) in [5.74, 6) is 0.502. The molecule has 3 aromatic rings. The van der Waals surface area contributed by atoms with Crippen LogP contribution >= 0.6 is 27.5 Å². The van der Waals surface area contributed by atoms with Crippen molar-refractivity contribution in [3.05, 3.63) is 63.7 Å². The van der Waals surface area contributed by atoms with Gasteiger partial charge in [0.2, 0.25) is 11.8 Å². The molecule has 2 heterocycles. The molecule has 0 saturated heterocycles. The number of aromatic nitrogens is 3. The molecule has 134 valence electrons. The van der Waals surface area contributed by atoms with Crippen LogP contribution in [0.1, 0.15) is 30.1 Å². The number of hydrogen-bond donors (Lipinski definition) is 0. The smallest absolute Gasteiger partial charge is 0.256 e. The third-order valence-electron chi connectivity index (χ3n) is 3.71. The van der Waals surface area contributed by atoms with E-state index in [1.165, 1.54) is 6.20 Å². The lowest BCUT2D eigenvalue weighted by molar-refractivity contribution is 0.0672. The highest BCUT2D eigenvalue weighted by Crippen LogP contribution is 2.26. The molecule has 0 aliphatic rings. The van der Waals surface area contributed by atoms with Crippen LogP contribution in [0.3, 0.4) is 0 Å². The van der Waals surface area contributed by atoms with E-state index in [1.807, 2.05) is 26.0 Å². The zero-order chi connectivity index (χ0) is 18.7. The summed E-state index contributed by atoms with van der Waals surface area (Å²) in [7, 11) is 0. The summed E-state index contributed by atoms with van der Waals surface area (Å²) in [4.78, 5) is 18.5. The molecule has 26 heavy (non-hydrogen) atoms. The Bertz CT molecular complexity index is 929. The van der Waals surface area contributed by atoms with Gasteiger partial charge in [-0.3, -0.25) is 9.78 Å². The van der Waals surface area contributed by atoms with E-state index in [0.717, 1.165) is 4.47 Å². The molecule has 0 fully saturated rings. The Morgan fingerprint density at radius 2 is 2.04 bits per heavy atom. The lowest BCUT2D eigenvalue weighted by atomic mass is 10.2. The van der Waals surface area contributed by atoms with Gasteiger partial charge in [-0.15, -0.1) is 10.2 Å².